The Morgan fingerprint density at radius 2 is 1.83 bits per heavy atom. The van der Waals surface area contributed by atoms with Gasteiger partial charge in [-0.05, 0) is 25.1 Å². The number of aromatic nitrogens is 4. The maximum Gasteiger partial charge on any atom is 0.250 e. The van der Waals surface area contributed by atoms with Crippen LogP contribution in [0, 0.1) is 18.6 Å². The largest absolute Gasteiger partial charge is 0.310 e. The van der Waals surface area contributed by atoms with Crippen LogP contribution in [0.5, 0.6) is 0 Å². The molecule has 1 saturated heterocycles. The fourth-order valence-electron chi connectivity index (χ4n) is 3.36. The van der Waals surface area contributed by atoms with Crippen LogP contribution in [0.25, 0.3) is 12.0 Å². The number of rotatable bonds is 5. The van der Waals surface area contributed by atoms with Gasteiger partial charge in [0.25, 0.3) is 5.95 Å². The van der Waals surface area contributed by atoms with E-state index in [1.807, 2.05) is 24.0 Å². The number of carbonyl (C=O) groups excluding carboxylic acids is 1. The van der Waals surface area contributed by atoms with E-state index in [2.05, 4.69) is 15.1 Å². The molecule has 30 heavy (non-hydrogen) atoms. The topological polar surface area (TPSA) is 67.2 Å². The Hall–Kier alpha value is -3.46. The lowest BCUT2D eigenvalue weighted by atomic mass is 10.2. The number of carbonyl (C=O) groups is 1. The highest BCUT2D eigenvalue weighted by Gasteiger charge is 2.25. The van der Waals surface area contributed by atoms with Gasteiger partial charge in [-0.15, -0.1) is 0 Å². The molecule has 0 bridgehead atoms. The number of anilines is 1. The van der Waals surface area contributed by atoms with E-state index in [0.717, 1.165) is 17.3 Å². The van der Waals surface area contributed by atoms with Crippen LogP contribution in [-0.2, 0) is 4.79 Å². The van der Waals surface area contributed by atoms with Crippen LogP contribution in [0.15, 0.2) is 48.9 Å². The van der Waals surface area contributed by atoms with Gasteiger partial charge in [0.2, 0.25) is 5.91 Å². The molecule has 1 fully saturated rings. The first-order chi connectivity index (χ1) is 14.5. The SMILES string of the molecule is Cc1c(/C=C/CN2CCN(c3cc(F)cc(F)c3)C(=O)C2)cnn1-c1ncccn1. The number of nitrogens with zero attached hydrogens (tertiary/aromatic N) is 6. The first-order valence-corrected chi connectivity index (χ1v) is 9.48. The zero-order valence-corrected chi connectivity index (χ0v) is 16.4. The van der Waals surface area contributed by atoms with E-state index < -0.39 is 11.6 Å². The summed E-state index contributed by atoms with van der Waals surface area (Å²) in [7, 11) is 0. The minimum Gasteiger partial charge on any atom is -0.310 e. The predicted molar refractivity (Wildman–Crippen MR) is 108 cm³/mol. The molecule has 1 amide bonds. The summed E-state index contributed by atoms with van der Waals surface area (Å²) in [4.78, 5) is 24.2. The second kappa shape index (κ2) is 8.50. The molecule has 0 atom stereocenters. The molecule has 0 N–H and O–H groups in total. The van der Waals surface area contributed by atoms with Gasteiger partial charge < -0.3 is 4.90 Å². The fraction of sp³-hybridized carbons (Fsp3) is 0.238. The lowest BCUT2D eigenvalue weighted by Gasteiger charge is -2.33. The Balaban J connectivity index is 1.37. The van der Waals surface area contributed by atoms with E-state index in [9.17, 15) is 13.6 Å². The number of halogens is 2. The molecule has 0 aliphatic carbocycles. The number of hydrogen-bond acceptors (Lipinski definition) is 5. The summed E-state index contributed by atoms with van der Waals surface area (Å²) in [6, 6.07) is 4.89. The Labute approximate surface area is 172 Å². The normalized spacial score (nSPS) is 15.3. The van der Waals surface area contributed by atoms with Gasteiger partial charge in [0.15, 0.2) is 0 Å². The van der Waals surface area contributed by atoms with Crippen LogP contribution in [0.2, 0.25) is 0 Å². The quantitative estimate of drug-likeness (QED) is 0.647. The molecule has 1 aliphatic heterocycles. The zero-order valence-electron chi connectivity index (χ0n) is 16.4. The molecule has 0 saturated carbocycles. The fourth-order valence-corrected chi connectivity index (χ4v) is 3.36. The highest BCUT2D eigenvalue weighted by molar-refractivity contribution is 5.95. The number of hydrogen-bond donors (Lipinski definition) is 0. The number of amides is 1. The van der Waals surface area contributed by atoms with Gasteiger partial charge in [0.05, 0.1) is 18.4 Å². The van der Waals surface area contributed by atoms with E-state index in [4.69, 9.17) is 0 Å². The third-order valence-corrected chi connectivity index (χ3v) is 4.91. The Morgan fingerprint density at radius 3 is 2.53 bits per heavy atom. The molecular formula is C21H20F2N6O. The minimum absolute atomic E-state index is 0.179. The van der Waals surface area contributed by atoms with Crippen molar-refractivity contribution in [2.45, 2.75) is 6.92 Å². The van der Waals surface area contributed by atoms with Crippen LogP contribution in [0.3, 0.4) is 0 Å². The minimum atomic E-state index is -0.694. The third kappa shape index (κ3) is 4.25. The average molecular weight is 410 g/mol. The van der Waals surface area contributed by atoms with Crippen LogP contribution >= 0.6 is 0 Å². The van der Waals surface area contributed by atoms with E-state index in [0.29, 0.717) is 25.6 Å². The van der Waals surface area contributed by atoms with Crippen LogP contribution < -0.4 is 4.90 Å². The average Bonchev–Trinajstić information content (AvgIpc) is 3.08. The monoisotopic (exact) mass is 410 g/mol. The first kappa shape index (κ1) is 19.8. The summed E-state index contributed by atoms with van der Waals surface area (Å²) < 4.78 is 28.6. The summed E-state index contributed by atoms with van der Waals surface area (Å²) in [5, 5.41) is 4.33. The number of piperazine rings is 1. The number of benzene rings is 1. The first-order valence-electron chi connectivity index (χ1n) is 9.48. The Kier molecular flexibility index (Phi) is 5.62. The van der Waals surface area contributed by atoms with Crippen molar-refractivity contribution in [3.8, 4) is 5.95 Å². The molecule has 2 aromatic heterocycles. The van der Waals surface area contributed by atoms with Crippen molar-refractivity contribution >= 4 is 17.7 Å². The zero-order chi connectivity index (χ0) is 21.1. The Morgan fingerprint density at radius 1 is 1.10 bits per heavy atom. The molecule has 1 aromatic carbocycles. The lowest BCUT2D eigenvalue weighted by Crippen LogP contribution is -2.50. The van der Waals surface area contributed by atoms with Gasteiger partial charge in [-0.2, -0.15) is 5.10 Å². The molecule has 0 spiro atoms. The van der Waals surface area contributed by atoms with Crippen molar-refractivity contribution in [3.63, 3.8) is 0 Å². The molecule has 7 nitrogen and oxygen atoms in total. The van der Waals surface area contributed by atoms with E-state index in [-0.39, 0.29) is 18.1 Å². The third-order valence-electron chi connectivity index (χ3n) is 4.91. The molecule has 3 aromatic rings. The van der Waals surface area contributed by atoms with Crippen molar-refractivity contribution in [1.29, 1.82) is 0 Å². The van der Waals surface area contributed by atoms with Crippen LogP contribution in [-0.4, -0.2) is 56.7 Å². The van der Waals surface area contributed by atoms with Gasteiger partial charge >= 0.3 is 0 Å². The van der Waals surface area contributed by atoms with Crippen molar-refractivity contribution < 1.29 is 13.6 Å². The van der Waals surface area contributed by atoms with Gasteiger partial charge in [-0.3, -0.25) is 9.69 Å². The van der Waals surface area contributed by atoms with Gasteiger partial charge in [-0.1, -0.05) is 12.2 Å². The van der Waals surface area contributed by atoms with Crippen molar-refractivity contribution in [2.24, 2.45) is 0 Å². The smallest absolute Gasteiger partial charge is 0.250 e. The summed E-state index contributed by atoms with van der Waals surface area (Å²) in [5.74, 6) is -1.07. The Bertz CT molecular complexity index is 1060. The standard InChI is InChI=1S/C21H20F2N6O/c1-15-16(13-26-29(15)21-24-5-3-6-25-21)4-2-7-27-8-9-28(20(30)14-27)19-11-17(22)10-18(23)12-19/h2-6,10-13H,7-9,14H2,1H3/b4-2+. The highest BCUT2D eigenvalue weighted by Crippen LogP contribution is 2.20. The van der Waals surface area contributed by atoms with E-state index >= 15 is 0 Å². The maximum absolute atomic E-state index is 13.4. The molecular weight excluding hydrogens is 390 g/mol. The van der Waals surface area contributed by atoms with Crippen molar-refractivity contribution in [2.75, 3.05) is 31.1 Å². The molecule has 154 valence electrons. The maximum atomic E-state index is 13.4. The van der Waals surface area contributed by atoms with Crippen molar-refractivity contribution in [1.82, 2.24) is 24.6 Å². The van der Waals surface area contributed by atoms with Gasteiger partial charge in [0.1, 0.15) is 11.6 Å². The summed E-state index contributed by atoms with van der Waals surface area (Å²) in [5.41, 5.74) is 2.09. The van der Waals surface area contributed by atoms with Gasteiger partial charge in [0, 0.05) is 49.3 Å². The molecule has 3 heterocycles. The van der Waals surface area contributed by atoms with E-state index in [1.165, 1.54) is 17.0 Å². The summed E-state index contributed by atoms with van der Waals surface area (Å²) in [6.07, 6.45) is 8.97. The van der Waals surface area contributed by atoms with Crippen LogP contribution in [0.4, 0.5) is 14.5 Å². The van der Waals surface area contributed by atoms with E-state index in [1.54, 1.807) is 29.3 Å². The van der Waals surface area contributed by atoms with Crippen LogP contribution in [0.1, 0.15) is 11.3 Å². The van der Waals surface area contributed by atoms with Gasteiger partial charge in [-0.25, -0.2) is 23.4 Å². The summed E-state index contributed by atoms with van der Waals surface area (Å²) in [6.45, 7) is 3.66. The van der Waals surface area contributed by atoms with Crippen molar-refractivity contribution in [3.05, 3.63) is 71.8 Å². The second-order valence-corrected chi connectivity index (χ2v) is 6.96. The molecule has 1 aliphatic rings. The summed E-state index contributed by atoms with van der Waals surface area (Å²) >= 11 is 0. The molecule has 4 rings (SSSR count). The predicted octanol–water partition coefficient (Wildman–Crippen LogP) is 2.61. The molecule has 9 heteroatoms. The molecule has 0 radical (unpaired) electrons. The lowest BCUT2D eigenvalue weighted by molar-refractivity contribution is -0.121. The second-order valence-electron chi connectivity index (χ2n) is 6.96. The highest BCUT2D eigenvalue weighted by atomic mass is 19.1. The molecule has 0 unspecified atom stereocenters.